The molecule has 0 spiro atoms. The molecule has 0 N–H and O–H groups in total. The molecule has 0 atom stereocenters. The van der Waals surface area contributed by atoms with Crippen molar-refractivity contribution in [1.29, 1.82) is 0 Å². The molecule has 0 aliphatic heterocycles. The lowest BCUT2D eigenvalue weighted by Crippen LogP contribution is -1.98. The summed E-state index contributed by atoms with van der Waals surface area (Å²) >= 11 is 0. The maximum Gasteiger partial charge on any atom is 0.164 e. The predicted octanol–water partition coefficient (Wildman–Crippen LogP) is 10.5. The quantitative estimate of drug-likeness (QED) is 0.188. The van der Waals surface area contributed by atoms with E-state index >= 15 is 0 Å². The first-order valence-corrected chi connectivity index (χ1v) is 15.5. The van der Waals surface area contributed by atoms with Crippen molar-refractivity contribution >= 4 is 56.0 Å². The van der Waals surface area contributed by atoms with Crippen LogP contribution in [0, 0.1) is 0 Å². The van der Waals surface area contributed by atoms with E-state index in [-0.39, 0.29) is 0 Å². The van der Waals surface area contributed by atoms with Crippen LogP contribution in [-0.2, 0) is 0 Å². The fourth-order valence-corrected chi connectivity index (χ4v) is 6.80. The Morgan fingerprint density at radius 1 is 0.500 bits per heavy atom. The van der Waals surface area contributed by atoms with E-state index in [9.17, 15) is 0 Å². The summed E-state index contributed by atoms with van der Waals surface area (Å²) in [6.45, 7) is 0. The molecular formula is C42H28N4. The second-order valence-corrected chi connectivity index (χ2v) is 11.5. The minimum atomic E-state index is 0.838. The van der Waals surface area contributed by atoms with Crippen molar-refractivity contribution in [3.63, 3.8) is 0 Å². The average molecular weight is 589 g/mol. The lowest BCUT2D eigenvalue weighted by Gasteiger charge is -2.13. The Bertz CT molecular complexity index is 2560. The van der Waals surface area contributed by atoms with Gasteiger partial charge < -0.3 is 4.57 Å². The standard InChI is InChI=1S/C42H28N4/c1-4-12-29(13-5-1)20-21-30-22-24-37-35(28-30)34-23-25-38-39(41(34)45(37)32-16-8-3-9-17-32)40-42(44-27-26-43-40)46(38)36-19-11-10-18-33(36)31-14-6-2-7-15-31/h1-28H/b21-20-. The number of rotatable bonds is 5. The van der Waals surface area contributed by atoms with Crippen LogP contribution in [0.3, 0.4) is 0 Å². The number of hydrogen-bond donors (Lipinski definition) is 0. The Morgan fingerprint density at radius 2 is 1.17 bits per heavy atom. The molecule has 9 rings (SSSR count). The molecule has 46 heavy (non-hydrogen) atoms. The largest absolute Gasteiger partial charge is 0.308 e. The molecule has 0 unspecified atom stereocenters. The van der Waals surface area contributed by atoms with Gasteiger partial charge in [0, 0.05) is 34.4 Å². The van der Waals surface area contributed by atoms with Gasteiger partial charge in [-0.15, -0.1) is 0 Å². The molecule has 0 radical (unpaired) electrons. The number of nitrogens with zero attached hydrogens (tertiary/aromatic N) is 4. The molecule has 0 aliphatic rings. The first-order valence-electron chi connectivity index (χ1n) is 15.5. The van der Waals surface area contributed by atoms with Crippen molar-refractivity contribution in [1.82, 2.24) is 19.1 Å². The number of para-hydroxylation sites is 2. The topological polar surface area (TPSA) is 35.6 Å². The van der Waals surface area contributed by atoms with Crippen LogP contribution in [0.15, 0.2) is 158 Å². The van der Waals surface area contributed by atoms with Gasteiger partial charge in [0.15, 0.2) is 5.65 Å². The zero-order valence-electron chi connectivity index (χ0n) is 25.0. The summed E-state index contributed by atoms with van der Waals surface area (Å²) in [5.74, 6) is 0. The Kier molecular flexibility index (Phi) is 6.10. The zero-order chi connectivity index (χ0) is 30.5. The Hall–Kier alpha value is -6.26. The molecule has 6 aromatic carbocycles. The lowest BCUT2D eigenvalue weighted by atomic mass is 10.0. The Morgan fingerprint density at radius 3 is 2.00 bits per heavy atom. The minimum Gasteiger partial charge on any atom is -0.308 e. The highest BCUT2D eigenvalue weighted by Crippen LogP contribution is 2.42. The molecule has 0 saturated carbocycles. The smallest absolute Gasteiger partial charge is 0.164 e. The molecule has 0 saturated heterocycles. The van der Waals surface area contributed by atoms with E-state index in [2.05, 4.69) is 161 Å². The van der Waals surface area contributed by atoms with E-state index in [4.69, 9.17) is 9.97 Å². The molecule has 4 heteroatoms. The van der Waals surface area contributed by atoms with E-state index < -0.39 is 0 Å². The van der Waals surface area contributed by atoms with Crippen molar-refractivity contribution in [3.8, 4) is 22.5 Å². The summed E-state index contributed by atoms with van der Waals surface area (Å²) in [7, 11) is 0. The molecular weight excluding hydrogens is 560 g/mol. The number of benzene rings is 6. The third kappa shape index (κ3) is 4.15. The minimum absolute atomic E-state index is 0.838. The van der Waals surface area contributed by atoms with Crippen LogP contribution in [0.4, 0.5) is 0 Å². The molecule has 0 bridgehead atoms. The Balaban J connectivity index is 1.38. The lowest BCUT2D eigenvalue weighted by molar-refractivity contribution is 1.12. The third-order valence-corrected chi connectivity index (χ3v) is 8.81. The Labute approximate surface area is 266 Å². The fourth-order valence-electron chi connectivity index (χ4n) is 6.80. The predicted molar refractivity (Wildman–Crippen MR) is 192 cm³/mol. The van der Waals surface area contributed by atoms with Gasteiger partial charge >= 0.3 is 0 Å². The van der Waals surface area contributed by atoms with Crippen molar-refractivity contribution in [2.24, 2.45) is 0 Å². The number of hydrogen-bond acceptors (Lipinski definition) is 2. The van der Waals surface area contributed by atoms with Gasteiger partial charge in [0.05, 0.1) is 27.6 Å². The van der Waals surface area contributed by atoms with Gasteiger partial charge in [-0.05, 0) is 53.1 Å². The van der Waals surface area contributed by atoms with Crippen LogP contribution in [0.25, 0.3) is 78.5 Å². The van der Waals surface area contributed by atoms with Gasteiger partial charge in [-0.3, -0.25) is 9.55 Å². The van der Waals surface area contributed by atoms with Gasteiger partial charge in [-0.25, -0.2) is 4.98 Å². The van der Waals surface area contributed by atoms with Crippen molar-refractivity contribution < 1.29 is 0 Å². The summed E-state index contributed by atoms with van der Waals surface area (Å²) in [6.07, 6.45) is 7.95. The molecule has 3 heterocycles. The summed E-state index contributed by atoms with van der Waals surface area (Å²) in [4.78, 5) is 9.93. The zero-order valence-corrected chi connectivity index (χ0v) is 25.0. The highest BCUT2D eigenvalue weighted by atomic mass is 15.1. The molecule has 4 nitrogen and oxygen atoms in total. The van der Waals surface area contributed by atoms with Crippen LogP contribution >= 0.6 is 0 Å². The monoisotopic (exact) mass is 588 g/mol. The highest BCUT2D eigenvalue weighted by Gasteiger charge is 2.23. The van der Waals surface area contributed by atoms with Crippen LogP contribution in [0.5, 0.6) is 0 Å². The molecule has 0 amide bonds. The molecule has 3 aromatic heterocycles. The molecule has 0 fully saturated rings. The third-order valence-electron chi connectivity index (χ3n) is 8.81. The van der Waals surface area contributed by atoms with Crippen LogP contribution in [0.2, 0.25) is 0 Å². The molecule has 216 valence electrons. The van der Waals surface area contributed by atoms with Gasteiger partial charge in [-0.1, -0.05) is 121 Å². The second kappa shape index (κ2) is 10.7. The second-order valence-electron chi connectivity index (χ2n) is 11.5. The maximum absolute atomic E-state index is 4.99. The van der Waals surface area contributed by atoms with E-state index in [0.29, 0.717) is 0 Å². The van der Waals surface area contributed by atoms with E-state index in [1.807, 2.05) is 6.07 Å². The van der Waals surface area contributed by atoms with E-state index in [1.54, 1.807) is 12.4 Å². The number of fused-ring (bicyclic) bond motifs is 7. The maximum atomic E-state index is 4.99. The first-order chi connectivity index (χ1) is 22.8. The highest BCUT2D eigenvalue weighted by molar-refractivity contribution is 6.25. The van der Waals surface area contributed by atoms with Gasteiger partial charge in [0.2, 0.25) is 0 Å². The summed E-state index contributed by atoms with van der Waals surface area (Å²) in [5.41, 5.74) is 11.9. The fraction of sp³-hybridized carbons (Fsp3) is 0. The van der Waals surface area contributed by atoms with Crippen molar-refractivity contribution in [2.75, 3.05) is 0 Å². The van der Waals surface area contributed by atoms with E-state index in [0.717, 1.165) is 61.2 Å². The van der Waals surface area contributed by atoms with Crippen LogP contribution in [-0.4, -0.2) is 19.1 Å². The first kappa shape index (κ1) is 26.2. The average Bonchev–Trinajstić information content (AvgIpc) is 3.64. The summed E-state index contributed by atoms with van der Waals surface area (Å²) in [5, 5.41) is 3.47. The van der Waals surface area contributed by atoms with Crippen LogP contribution in [0.1, 0.15) is 11.1 Å². The number of aromatic nitrogens is 4. The van der Waals surface area contributed by atoms with Gasteiger partial charge in [-0.2, -0.15) is 0 Å². The summed E-state index contributed by atoms with van der Waals surface area (Å²) in [6, 6.07) is 51.4. The summed E-state index contributed by atoms with van der Waals surface area (Å²) < 4.78 is 4.67. The van der Waals surface area contributed by atoms with E-state index in [1.165, 1.54) is 16.3 Å². The molecule has 9 aromatic rings. The van der Waals surface area contributed by atoms with Gasteiger partial charge in [0.25, 0.3) is 0 Å². The van der Waals surface area contributed by atoms with Crippen molar-refractivity contribution in [3.05, 3.63) is 169 Å². The van der Waals surface area contributed by atoms with Crippen LogP contribution < -0.4 is 0 Å². The van der Waals surface area contributed by atoms with Gasteiger partial charge in [0.1, 0.15) is 5.52 Å². The molecule has 0 aliphatic carbocycles. The van der Waals surface area contributed by atoms with Crippen molar-refractivity contribution in [2.45, 2.75) is 0 Å². The normalized spacial score (nSPS) is 11.8. The SMILES string of the molecule is C(=C/c1ccc2c(c1)c1ccc3c(c4nccnc4n3-c3ccccc3-c3ccccc3)c1n2-c1ccccc1)/c1ccccc1.